The summed E-state index contributed by atoms with van der Waals surface area (Å²) >= 11 is 0. The summed E-state index contributed by atoms with van der Waals surface area (Å²) in [6.45, 7) is 9.44. The van der Waals surface area contributed by atoms with Gasteiger partial charge in [0.25, 0.3) is 0 Å². The zero-order valence-corrected chi connectivity index (χ0v) is 16.1. The number of nitrogens with one attached hydrogen (secondary N) is 1. The van der Waals surface area contributed by atoms with Crippen molar-refractivity contribution in [3.8, 4) is 5.75 Å². The molecular formula is C17H28N2O4S. The third-order valence-corrected chi connectivity index (χ3v) is 4.73. The van der Waals surface area contributed by atoms with Crippen molar-refractivity contribution in [1.29, 1.82) is 0 Å². The largest absolute Gasteiger partial charge is 0.491 e. The molecule has 0 aliphatic heterocycles. The molecule has 0 atom stereocenters. The fourth-order valence-electron chi connectivity index (χ4n) is 2.31. The highest BCUT2D eigenvalue weighted by Crippen LogP contribution is 2.19. The maximum absolute atomic E-state index is 12.1. The van der Waals surface area contributed by atoms with Crippen molar-refractivity contribution >= 4 is 21.6 Å². The van der Waals surface area contributed by atoms with Gasteiger partial charge in [0, 0.05) is 24.2 Å². The summed E-state index contributed by atoms with van der Waals surface area (Å²) in [5.74, 6) is 0.504. The third kappa shape index (κ3) is 6.88. The van der Waals surface area contributed by atoms with Crippen molar-refractivity contribution < 1.29 is 17.9 Å². The third-order valence-electron chi connectivity index (χ3n) is 3.20. The number of nitrogens with zero attached hydrogens (tertiary/aromatic N) is 1. The number of anilines is 1. The number of ether oxygens (including phenoxy) is 1. The number of rotatable bonds is 7. The second-order valence-electron chi connectivity index (χ2n) is 7.00. The number of carbonyl (C=O) groups excluding carboxylic acids is 1. The van der Waals surface area contributed by atoms with E-state index in [4.69, 9.17) is 4.74 Å². The van der Waals surface area contributed by atoms with Gasteiger partial charge in [-0.15, -0.1) is 0 Å². The molecule has 0 radical (unpaired) electrons. The van der Waals surface area contributed by atoms with E-state index in [0.717, 1.165) is 12.0 Å². The van der Waals surface area contributed by atoms with Gasteiger partial charge in [-0.2, -0.15) is 4.31 Å². The molecular weight excluding hydrogens is 328 g/mol. The summed E-state index contributed by atoms with van der Waals surface area (Å²) in [6, 6.07) is 7.09. The molecule has 1 rings (SSSR count). The van der Waals surface area contributed by atoms with Crippen LogP contribution in [0, 0.1) is 0 Å². The predicted octanol–water partition coefficient (Wildman–Crippen LogP) is 2.86. The van der Waals surface area contributed by atoms with Crippen LogP contribution >= 0.6 is 0 Å². The molecule has 0 heterocycles. The Bertz CT molecular complexity index is 646. The van der Waals surface area contributed by atoms with Gasteiger partial charge in [-0.05, 0) is 58.9 Å². The standard InChI is InChI=1S/C17H28N2O4S/c1-13(2)23-15-9-7-14(8-10-15)18-16(20)11-12-19(17(3,4)5)24(6,21)22/h7-10,13H,11-12H2,1-6H3,(H,18,20). The maximum Gasteiger partial charge on any atom is 0.225 e. The van der Waals surface area contributed by atoms with Crippen LogP contribution < -0.4 is 10.1 Å². The Labute approximate surface area is 145 Å². The zero-order valence-electron chi connectivity index (χ0n) is 15.3. The lowest BCUT2D eigenvalue weighted by atomic mass is 10.1. The number of hydrogen-bond acceptors (Lipinski definition) is 4. The first kappa shape index (κ1) is 20.4. The Morgan fingerprint density at radius 2 is 1.75 bits per heavy atom. The van der Waals surface area contributed by atoms with Gasteiger partial charge in [0.1, 0.15) is 5.75 Å². The van der Waals surface area contributed by atoms with Gasteiger partial charge < -0.3 is 10.1 Å². The van der Waals surface area contributed by atoms with Crippen molar-refractivity contribution in [1.82, 2.24) is 4.31 Å². The highest BCUT2D eigenvalue weighted by atomic mass is 32.2. The number of sulfonamides is 1. The minimum atomic E-state index is -3.37. The Balaban J connectivity index is 2.63. The molecule has 6 nitrogen and oxygen atoms in total. The lowest BCUT2D eigenvalue weighted by molar-refractivity contribution is -0.116. The van der Waals surface area contributed by atoms with Crippen LogP contribution in [0.25, 0.3) is 0 Å². The highest BCUT2D eigenvalue weighted by Gasteiger charge is 2.29. The quantitative estimate of drug-likeness (QED) is 0.815. The first-order valence-electron chi connectivity index (χ1n) is 7.94. The molecule has 0 bridgehead atoms. The molecule has 0 spiro atoms. The van der Waals surface area contributed by atoms with E-state index in [1.807, 2.05) is 13.8 Å². The number of amides is 1. The SMILES string of the molecule is CC(C)Oc1ccc(NC(=O)CCN(C(C)(C)C)S(C)(=O)=O)cc1. The van der Waals surface area contributed by atoms with E-state index >= 15 is 0 Å². The lowest BCUT2D eigenvalue weighted by Gasteiger charge is -2.33. The van der Waals surface area contributed by atoms with Crippen molar-refractivity contribution in [3.05, 3.63) is 24.3 Å². The predicted molar refractivity (Wildman–Crippen MR) is 96.8 cm³/mol. The number of benzene rings is 1. The van der Waals surface area contributed by atoms with E-state index in [2.05, 4.69) is 5.32 Å². The van der Waals surface area contributed by atoms with Gasteiger partial charge in [-0.25, -0.2) is 8.42 Å². The average molecular weight is 356 g/mol. The molecule has 0 aliphatic rings. The molecule has 7 heteroatoms. The second kappa shape index (κ2) is 7.98. The van der Waals surface area contributed by atoms with Gasteiger partial charge in [0.15, 0.2) is 0 Å². The van der Waals surface area contributed by atoms with E-state index in [9.17, 15) is 13.2 Å². The van der Waals surface area contributed by atoms with E-state index < -0.39 is 15.6 Å². The first-order valence-corrected chi connectivity index (χ1v) is 9.79. The van der Waals surface area contributed by atoms with Gasteiger partial charge in [0.2, 0.25) is 15.9 Å². The molecule has 0 unspecified atom stereocenters. The Morgan fingerprint density at radius 3 is 2.17 bits per heavy atom. The van der Waals surface area contributed by atoms with Gasteiger partial charge in [-0.3, -0.25) is 4.79 Å². The lowest BCUT2D eigenvalue weighted by Crippen LogP contribution is -2.46. The van der Waals surface area contributed by atoms with Crippen LogP contribution in [0.5, 0.6) is 5.75 Å². The van der Waals surface area contributed by atoms with Crippen LogP contribution in [-0.2, 0) is 14.8 Å². The van der Waals surface area contributed by atoms with Crippen molar-refractivity contribution in [2.75, 3.05) is 18.1 Å². The fourth-order valence-corrected chi connectivity index (χ4v) is 3.73. The van der Waals surface area contributed by atoms with E-state index in [0.29, 0.717) is 5.69 Å². The maximum atomic E-state index is 12.1. The topological polar surface area (TPSA) is 75.7 Å². The van der Waals surface area contributed by atoms with Crippen LogP contribution in [-0.4, -0.2) is 43.1 Å². The van der Waals surface area contributed by atoms with Gasteiger partial charge in [0.05, 0.1) is 12.4 Å². The Kier molecular flexibility index (Phi) is 6.80. The normalized spacial score (nSPS) is 12.5. The summed E-state index contributed by atoms with van der Waals surface area (Å²) in [6.07, 6.45) is 1.34. The molecule has 1 amide bonds. The van der Waals surface area contributed by atoms with Crippen molar-refractivity contribution in [2.45, 2.75) is 52.7 Å². The fraction of sp³-hybridized carbons (Fsp3) is 0.588. The summed E-state index contributed by atoms with van der Waals surface area (Å²) in [4.78, 5) is 12.1. The van der Waals surface area contributed by atoms with Gasteiger partial charge in [-0.1, -0.05) is 0 Å². The minimum Gasteiger partial charge on any atom is -0.491 e. The zero-order chi connectivity index (χ0) is 18.5. The summed E-state index contributed by atoms with van der Waals surface area (Å²) in [7, 11) is -3.37. The molecule has 0 saturated heterocycles. The average Bonchev–Trinajstić information content (AvgIpc) is 2.37. The smallest absolute Gasteiger partial charge is 0.225 e. The minimum absolute atomic E-state index is 0.0878. The van der Waals surface area contributed by atoms with Crippen LogP contribution in [0.3, 0.4) is 0 Å². The molecule has 24 heavy (non-hydrogen) atoms. The Morgan fingerprint density at radius 1 is 1.21 bits per heavy atom. The van der Waals surface area contributed by atoms with Gasteiger partial charge >= 0.3 is 0 Å². The molecule has 0 aliphatic carbocycles. The number of carbonyl (C=O) groups is 1. The Hall–Kier alpha value is -1.60. The monoisotopic (exact) mass is 356 g/mol. The number of hydrogen-bond donors (Lipinski definition) is 1. The first-order chi connectivity index (χ1) is 10.9. The van der Waals surface area contributed by atoms with Crippen molar-refractivity contribution in [2.24, 2.45) is 0 Å². The summed E-state index contributed by atoms with van der Waals surface area (Å²) < 4.78 is 30.6. The van der Waals surface area contributed by atoms with Crippen LogP contribution in [0.1, 0.15) is 41.0 Å². The van der Waals surface area contributed by atoms with Crippen LogP contribution in [0.4, 0.5) is 5.69 Å². The highest BCUT2D eigenvalue weighted by molar-refractivity contribution is 7.88. The summed E-state index contributed by atoms with van der Waals surface area (Å²) in [5.41, 5.74) is 0.0849. The molecule has 0 aromatic heterocycles. The summed E-state index contributed by atoms with van der Waals surface area (Å²) in [5, 5.41) is 2.76. The van der Waals surface area contributed by atoms with E-state index in [1.165, 1.54) is 4.31 Å². The molecule has 0 saturated carbocycles. The van der Waals surface area contributed by atoms with Crippen LogP contribution in [0.2, 0.25) is 0 Å². The van der Waals surface area contributed by atoms with E-state index in [1.54, 1.807) is 45.0 Å². The second-order valence-corrected chi connectivity index (χ2v) is 8.90. The molecule has 1 aromatic rings. The molecule has 0 fully saturated rings. The van der Waals surface area contributed by atoms with Crippen molar-refractivity contribution in [3.63, 3.8) is 0 Å². The van der Waals surface area contributed by atoms with Crippen LogP contribution in [0.15, 0.2) is 24.3 Å². The van der Waals surface area contributed by atoms with E-state index in [-0.39, 0.29) is 25.0 Å². The molecule has 1 aromatic carbocycles. The molecule has 136 valence electrons. The molecule has 1 N–H and O–H groups in total.